The van der Waals surface area contributed by atoms with Crippen molar-refractivity contribution >= 4 is 11.8 Å². The molecule has 1 heterocycles. The van der Waals surface area contributed by atoms with E-state index in [1.165, 1.54) is 0 Å². The summed E-state index contributed by atoms with van der Waals surface area (Å²) in [6.07, 6.45) is 2.83. The molecule has 0 spiro atoms. The van der Waals surface area contributed by atoms with Crippen LogP contribution in [0.1, 0.15) is 31.7 Å². The fourth-order valence-corrected chi connectivity index (χ4v) is 2.21. The maximum Gasteiger partial charge on any atom is 0.326 e. The van der Waals surface area contributed by atoms with E-state index in [1.807, 2.05) is 44.2 Å². The van der Waals surface area contributed by atoms with Gasteiger partial charge in [0.25, 0.3) is 0 Å². The van der Waals surface area contributed by atoms with Crippen molar-refractivity contribution in [3.8, 4) is 0 Å². The quantitative estimate of drug-likeness (QED) is 0.822. The van der Waals surface area contributed by atoms with Gasteiger partial charge in [0.15, 0.2) is 0 Å². The summed E-state index contributed by atoms with van der Waals surface area (Å²) >= 11 is 0. The normalized spacial score (nSPS) is 12.1. The first-order valence-electron chi connectivity index (χ1n) is 7.40. The molecule has 2 N–H and O–H groups in total. The summed E-state index contributed by atoms with van der Waals surface area (Å²) in [5, 5.41) is 12.3. The summed E-state index contributed by atoms with van der Waals surface area (Å²) in [6, 6.07) is 11.0. The van der Waals surface area contributed by atoms with Gasteiger partial charge in [-0.2, -0.15) is 0 Å². The number of nitrogens with zero attached hydrogens (tertiary/aromatic N) is 2. The van der Waals surface area contributed by atoms with Crippen LogP contribution in [0.2, 0.25) is 0 Å². The Labute approximate surface area is 130 Å². The Kier molecular flexibility index (Phi) is 5.47. The van der Waals surface area contributed by atoms with Crippen LogP contribution in [-0.2, 0) is 11.2 Å². The van der Waals surface area contributed by atoms with Crippen molar-refractivity contribution in [2.75, 3.05) is 5.32 Å². The Morgan fingerprint density at radius 1 is 1.23 bits per heavy atom. The molecule has 0 saturated heterocycles. The van der Waals surface area contributed by atoms with Gasteiger partial charge < -0.3 is 10.4 Å². The lowest BCUT2D eigenvalue weighted by Gasteiger charge is -2.17. The van der Waals surface area contributed by atoms with Gasteiger partial charge in [-0.15, -0.1) is 0 Å². The van der Waals surface area contributed by atoms with Gasteiger partial charge in [0, 0.05) is 12.6 Å². The standard InChI is InChI=1S/C17H21N3O2/c1-12(2)10-14(17(21)22)19-15-8-9-18-16(20-15)11-13-6-4-3-5-7-13/h3-9,12,14H,10-11H2,1-2H3,(H,21,22)(H,18,19,20)/t14-/m1/s1. The number of aromatic nitrogens is 2. The maximum atomic E-state index is 11.3. The van der Waals surface area contributed by atoms with Crippen LogP contribution in [-0.4, -0.2) is 27.1 Å². The highest BCUT2D eigenvalue weighted by atomic mass is 16.4. The van der Waals surface area contributed by atoms with E-state index in [-0.39, 0.29) is 0 Å². The highest BCUT2D eigenvalue weighted by Gasteiger charge is 2.19. The average Bonchev–Trinajstić information content (AvgIpc) is 2.47. The molecular weight excluding hydrogens is 278 g/mol. The number of carboxylic acids is 1. The van der Waals surface area contributed by atoms with E-state index in [0.717, 1.165) is 5.56 Å². The summed E-state index contributed by atoms with van der Waals surface area (Å²) in [7, 11) is 0. The van der Waals surface area contributed by atoms with E-state index in [1.54, 1.807) is 12.3 Å². The Morgan fingerprint density at radius 2 is 1.95 bits per heavy atom. The van der Waals surface area contributed by atoms with Crippen LogP contribution in [0.25, 0.3) is 0 Å². The second kappa shape index (κ2) is 7.54. The van der Waals surface area contributed by atoms with Crippen LogP contribution in [0, 0.1) is 5.92 Å². The molecule has 1 atom stereocenters. The predicted molar refractivity (Wildman–Crippen MR) is 85.8 cm³/mol. The number of hydrogen-bond acceptors (Lipinski definition) is 4. The summed E-state index contributed by atoms with van der Waals surface area (Å²) < 4.78 is 0. The number of carboxylic acid groups (broad SMARTS) is 1. The zero-order chi connectivity index (χ0) is 15.9. The van der Waals surface area contributed by atoms with Gasteiger partial charge in [0.2, 0.25) is 0 Å². The van der Waals surface area contributed by atoms with Crippen LogP contribution < -0.4 is 5.32 Å². The van der Waals surface area contributed by atoms with Gasteiger partial charge in [-0.05, 0) is 24.0 Å². The van der Waals surface area contributed by atoms with Crippen molar-refractivity contribution in [1.82, 2.24) is 9.97 Å². The molecule has 0 aliphatic rings. The largest absolute Gasteiger partial charge is 0.480 e. The third kappa shape index (κ3) is 4.84. The van der Waals surface area contributed by atoms with Crippen molar-refractivity contribution < 1.29 is 9.90 Å². The average molecular weight is 299 g/mol. The molecule has 2 aromatic rings. The maximum absolute atomic E-state index is 11.3. The molecular formula is C17H21N3O2. The summed E-state index contributed by atoms with van der Waals surface area (Å²) in [5.74, 6) is 0.648. The molecule has 0 bridgehead atoms. The number of anilines is 1. The number of rotatable bonds is 7. The monoisotopic (exact) mass is 299 g/mol. The van der Waals surface area contributed by atoms with Gasteiger partial charge in [-0.1, -0.05) is 44.2 Å². The third-order valence-electron chi connectivity index (χ3n) is 3.24. The van der Waals surface area contributed by atoms with Crippen LogP contribution in [0.4, 0.5) is 5.82 Å². The molecule has 116 valence electrons. The van der Waals surface area contributed by atoms with Gasteiger partial charge in [0.05, 0.1) is 0 Å². The number of benzene rings is 1. The van der Waals surface area contributed by atoms with E-state index in [0.29, 0.717) is 30.4 Å². The summed E-state index contributed by atoms with van der Waals surface area (Å²) in [6.45, 7) is 4.00. The Morgan fingerprint density at radius 3 is 2.59 bits per heavy atom. The molecule has 0 unspecified atom stereocenters. The van der Waals surface area contributed by atoms with Crippen LogP contribution >= 0.6 is 0 Å². The highest BCUT2D eigenvalue weighted by Crippen LogP contribution is 2.13. The van der Waals surface area contributed by atoms with E-state index < -0.39 is 12.0 Å². The van der Waals surface area contributed by atoms with Gasteiger partial charge >= 0.3 is 5.97 Å². The number of aliphatic carboxylic acids is 1. The molecule has 22 heavy (non-hydrogen) atoms. The van der Waals surface area contributed by atoms with Crippen LogP contribution in [0.5, 0.6) is 0 Å². The fourth-order valence-electron chi connectivity index (χ4n) is 2.21. The molecule has 1 aromatic carbocycles. The zero-order valence-electron chi connectivity index (χ0n) is 12.9. The van der Waals surface area contributed by atoms with E-state index in [4.69, 9.17) is 0 Å². The molecule has 0 aliphatic carbocycles. The minimum absolute atomic E-state index is 0.291. The molecule has 0 aliphatic heterocycles. The first-order chi connectivity index (χ1) is 10.5. The molecule has 0 saturated carbocycles. The zero-order valence-corrected chi connectivity index (χ0v) is 12.9. The highest BCUT2D eigenvalue weighted by molar-refractivity contribution is 5.76. The molecule has 2 rings (SSSR count). The second-order valence-corrected chi connectivity index (χ2v) is 5.69. The minimum atomic E-state index is -0.864. The Balaban J connectivity index is 2.09. The van der Waals surface area contributed by atoms with Crippen molar-refractivity contribution in [3.63, 3.8) is 0 Å². The van der Waals surface area contributed by atoms with Gasteiger partial charge in [-0.25, -0.2) is 14.8 Å². The van der Waals surface area contributed by atoms with Crippen LogP contribution in [0.15, 0.2) is 42.6 Å². The Hall–Kier alpha value is -2.43. The van der Waals surface area contributed by atoms with Gasteiger partial charge in [0.1, 0.15) is 17.7 Å². The van der Waals surface area contributed by atoms with Crippen LogP contribution in [0.3, 0.4) is 0 Å². The van der Waals surface area contributed by atoms with E-state index in [2.05, 4.69) is 15.3 Å². The molecule has 1 aromatic heterocycles. The molecule has 5 heteroatoms. The molecule has 0 radical (unpaired) electrons. The number of hydrogen-bond donors (Lipinski definition) is 2. The smallest absolute Gasteiger partial charge is 0.326 e. The molecule has 0 fully saturated rings. The fraction of sp³-hybridized carbons (Fsp3) is 0.353. The first-order valence-corrected chi connectivity index (χ1v) is 7.40. The minimum Gasteiger partial charge on any atom is -0.480 e. The third-order valence-corrected chi connectivity index (χ3v) is 3.24. The van der Waals surface area contributed by atoms with Crippen molar-refractivity contribution in [1.29, 1.82) is 0 Å². The Bertz CT molecular complexity index is 614. The van der Waals surface area contributed by atoms with Crippen molar-refractivity contribution in [2.45, 2.75) is 32.7 Å². The topological polar surface area (TPSA) is 75.1 Å². The second-order valence-electron chi connectivity index (χ2n) is 5.69. The van der Waals surface area contributed by atoms with E-state index in [9.17, 15) is 9.90 Å². The first kappa shape index (κ1) is 15.9. The van der Waals surface area contributed by atoms with E-state index >= 15 is 0 Å². The predicted octanol–water partition coefficient (Wildman–Crippen LogP) is 2.98. The number of nitrogens with one attached hydrogen (secondary N) is 1. The lowest BCUT2D eigenvalue weighted by molar-refractivity contribution is -0.138. The summed E-state index contributed by atoms with van der Waals surface area (Å²) in [4.78, 5) is 20.0. The van der Waals surface area contributed by atoms with Crippen molar-refractivity contribution in [3.05, 3.63) is 54.0 Å². The SMILES string of the molecule is CC(C)C[C@@H](Nc1ccnc(Cc2ccccc2)n1)C(=O)O. The number of carbonyl (C=O) groups is 1. The molecule has 0 amide bonds. The lowest BCUT2D eigenvalue weighted by Crippen LogP contribution is -2.31. The lowest BCUT2D eigenvalue weighted by atomic mass is 10.0. The van der Waals surface area contributed by atoms with Crippen molar-refractivity contribution in [2.24, 2.45) is 5.92 Å². The summed E-state index contributed by atoms with van der Waals surface area (Å²) in [5.41, 5.74) is 1.12. The van der Waals surface area contributed by atoms with Gasteiger partial charge in [-0.3, -0.25) is 0 Å². The molecule has 5 nitrogen and oxygen atoms in total.